The van der Waals surface area contributed by atoms with Crippen molar-refractivity contribution in [2.75, 3.05) is 5.32 Å². The summed E-state index contributed by atoms with van der Waals surface area (Å²) in [6.45, 7) is 4.11. The summed E-state index contributed by atoms with van der Waals surface area (Å²) in [5, 5.41) is 13.0. The SMILES string of the molecule is CC(C)n1cnnc1-c1cccc(NC(=O)c2cc(-n3cnc(C4CC4)c3)cs2)n1. The van der Waals surface area contributed by atoms with Gasteiger partial charge in [0.25, 0.3) is 5.91 Å². The molecule has 8 nitrogen and oxygen atoms in total. The summed E-state index contributed by atoms with van der Waals surface area (Å²) in [4.78, 5) is 22.4. The molecule has 4 heterocycles. The van der Waals surface area contributed by atoms with Crippen molar-refractivity contribution in [3.05, 3.63) is 59.1 Å². The number of aromatic nitrogens is 6. The fourth-order valence-corrected chi connectivity index (χ4v) is 4.04. The molecule has 1 saturated carbocycles. The number of anilines is 1. The van der Waals surface area contributed by atoms with Crippen LogP contribution in [0.15, 0.2) is 48.5 Å². The number of hydrogen-bond acceptors (Lipinski definition) is 6. The van der Waals surface area contributed by atoms with Crippen molar-refractivity contribution in [2.24, 2.45) is 0 Å². The normalized spacial score (nSPS) is 13.7. The minimum Gasteiger partial charge on any atom is -0.310 e. The second-order valence-electron chi connectivity index (χ2n) is 7.67. The van der Waals surface area contributed by atoms with Gasteiger partial charge in [0.05, 0.1) is 22.6 Å². The average Bonchev–Trinajstić information content (AvgIpc) is 3.18. The van der Waals surface area contributed by atoms with Crippen LogP contribution in [0.25, 0.3) is 17.2 Å². The Bertz CT molecular complexity index is 1200. The van der Waals surface area contributed by atoms with Crippen molar-refractivity contribution >= 4 is 23.1 Å². The van der Waals surface area contributed by atoms with Gasteiger partial charge >= 0.3 is 0 Å². The van der Waals surface area contributed by atoms with Gasteiger partial charge in [-0.1, -0.05) is 6.07 Å². The first-order chi connectivity index (χ1) is 14.6. The van der Waals surface area contributed by atoms with E-state index in [9.17, 15) is 4.79 Å². The maximum Gasteiger partial charge on any atom is 0.266 e. The molecule has 9 heteroatoms. The van der Waals surface area contributed by atoms with E-state index in [0.717, 1.165) is 11.4 Å². The van der Waals surface area contributed by atoms with Gasteiger partial charge in [0.15, 0.2) is 5.82 Å². The lowest BCUT2D eigenvalue weighted by atomic mass is 10.3. The van der Waals surface area contributed by atoms with Gasteiger partial charge in [0.1, 0.15) is 17.8 Å². The van der Waals surface area contributed by atoms with Crippen LogP contribution < -0.4 is 5.32 Å². The Labute approximate surface area is 177 Å². The van der Waals surface area contributed by atoms with E-state index in [2.05, 4.69) is 45.5 Å². The highest BCUT2D eigenvalue weighted by Gasteiger charge is 2.26. The molecule has 4 aromatic rings. The smallest absolute Gasteiger partial charge is 0.266 e. The number of carbonyl (C=O) groups excluding carboxylic acids is 1. The summed E-state index contributed by atoms with van der Waals surface area (Å²) in [6, 6.07) is 7.56. The lowest BCUT2D eigenvalue weighted by Gasteiger charge is -2.10. The number of hydrogen-bond donors (Lipinski definition) is 1. The van der Waals surface area contributed by atoms with Crippen molar-refractivity contribution in [1.82, 2.24) is 29.3 Å². The number of nitrogens with one attached hydrogen (secondary N) is 1. The summed E-state index contributed by atoms with van der Waals surface area (Å²) in [5.41, 5.74) is 2.73. The summed E-state index contributed by atoms with van der Waals surface area (Å²) in [5.74, 6) is 1.56. The Hall–Kier alpha value is -3.33. The highest BCUT2D eigenvalue weighted by atomic mass is 32.1. The molecule has 4 aromatic heterocycles. The highest BCUT2D eigenvalue weighted by Crippen LogP contribution is 2.39. The summed E-state index contributed by atoms with van der Waals surface area (Å²) >= 11 is 1.40. The third-order valence-electron chi connectivity index (χ3n) is 5.05. The predicted octanol–water partition coefficient (Wildman–Crippen LogP) is 4.30. The first-order valence-corrected chi connectivity index (χ1v) is 10.8. The van der Waals surface area contributed by atoms with Gasteiger partial charge in [-0.15, -0.1) is 21.5 Å². The van der Waals surface area contributed by atoms with Gasteiger partial charge in [-0.25, -0.2) is 9.97 Å². The minimum absolute atomic E-state index is 0.191. The van der Waals surface area contributed by atoms with Crippen LogP contribution in [0.3, 0.4) is 0 Å². The third kappa shape index (κ3) is 3.63. The quantitative estimate of drug-likeness (QED) is 0.503. The lowest BCUT2D eigenvalue weighted by Crippen LogP contribution is -2.12. The van der Waals surface area contributed by atoms with Crippen LogP contribution in [0.2, 0.25) is 0 Å². The van der Waals surface area contributed by atoms with E-state index < -0.39 is 0 Å². The molecule has 152 valence electrons. The van der Waals surface area contributed by atoms with Crippen LogP contribution in [-0.2, 0) is 0 Å². The molecule has 1 fully saturated rings. The van der Waals surface area contributed by atoms with E-state index in [1.807, 2.05) is 39.0 Å². The molecule has 0 aliphatic heterocycles. The van der Waals surface area contributed by atoms with Crippen molar-refractivity contribution in [3.8, 4) is 17.2 Å². The van der Waals surface area contributed by atoms with Crippen LogP contribution in [0.5, 0.6) is 0 Å². The van der Waals surface area contributed by atoms with E-state index in [1.165, 1.54) is 24.2 Å². The van der Waals surface area contributed by atoms with Crippen molar-refractivity contribution < 1.29 is 4.79 Å². The molecule has 1 N–H and O–H groups in total. The maximum absolute atomic E-state index is 12.8. The number of carbonyl (C=O) groups is 1. The van der Waals surface area contributed by atoms with Gasteiger partial charge in [-0.3, -0.25) is 4.79 Å². The number of nitrogens with zero attached hydrogens (tertiary/aromatic N) is 6. The molecule has 1 aliphatic carbocycles. The van der Waals surface area contributed by atoms with Gasteiger partial charge in [0, 0.05) is 23.5 Å². The minimum atomic E-state index is -0.191. The number of rotatable bonds is 6. The molecule has 30 heavy (non-hydrogen) atoms. The van der Waals surface area contributed by atoms with E-state index in [1.54, 1.807) is 12.4 Å². The molecule has 1 aliphatic rings. The number of imidazole rings is 1. The fourth-order valence-electron chi connectivity index (χ4n) is 3.26. The lowest BCUT2D eigenvalue weighted by molar-refractivity contribution is 0.103. The van der Waals surface area contributed by atoms with Crippen LogP contribution in [0.1, 0.15) is 54.0 Å². The molecule has 0 aromatic carbocycles. The number of pyridine rings is 1. The van der Waals surface area contributed by atoms with E-state index in [4.69, 9.17) is 0 Å². The van der Waals surface area contributed by atoms with E-state index >= 15 is 0 Å². The molecule has 0 spiro atoms. The van der Waals surface area contributed by atoms with Gasteiger partial charge in [-0.2, -0.15) is 0 Å². The van der Waals surface area contributed by atoms with E-state index in [0.29, 0.717) is 28.1 Å². The Morgan fingerprint density at radius 1 is 1.27 bits per heavy atom. The van der Waals surface area contributed by atoms with Gasteiger partial charge in [0.2, 0.25) is 0 Å². The average molecular weight is 420 g/mol. The van der Waals surface area contributed by atoms with Gasteiger partial charge < -0.3 is 14.5 Å². The molecule has 0 radical (unpaired) electrons. The standard InChI is InChI=1S/C21H21N7OS/c1-13(2)28-12-23-26-20(28)16-4-3-5-19(24-16)25-21(29)18-8-15(10-30-18)27-9-17(22-11-27)14-6-7-14/h3-5,8-14H,6-7H2,1-2H3,(H,24,25,29). The molecule has 0 atom stereocenters. The maximum atomic E-state index is 12.8. The summed E-state index contributed by atoms with van der Waals surface area (Å²) in [7, 11) is 0. The van der Waals surface area contributed by atoms with Gasteiger partial charge in [-0.05, 0) is 44.9 Å². The van der Waals surface area contributed by atoms with Crippen LogP contribution >= 0.6 is 11.3 Å². The molecular weight excluding hydrogens is 398 g/mol. The van der Waals surface area contributed by atoms with Crippen LogP contribution in [0.4, 0.5) is 5.82 Å². The van der Waals surface area contributed by atoms with Crippen molar-refractivity contribution in [2.45, 2.75) is 38.6 Å². The molecule has 1 amide bonds. The zero-order chi connectivity index (χ0) is 20.7. The summed E-state index contributed by atoms with van der Waals surface area (Å²) in [6.07, 6.45) is 7.98. The number of amides is 1. The van der Waals surface area contributed by atoms with Crippen molar-refractivity contribution in [1.29, 1.82) is 0 Å². The predicted molar refractivity (Wildman–Crippen MR) is 115 cm³/mol. The third-order valence-corrected chi connectivity index (χ3v) is 5.97. The Kier molecular flexibility index (Phi) is 4.66. The highest BCUT2D eigenvalue weighted by molar-refractivity contribution is 7.12. The van der Waals surface area contributed by atoms with Crippen molar-refractivity contribution in [3.63, 3.8) is 0 Å². The second-order valence-corrected chi connectivity index (χ2v) is 8.58. The first-order valence-electron chi connectivity index (χ1n) is 9.89. The van der Waals surface area contributed by atoms with Crippen LogP contribution in [-0.4, -0.2) is 35.2 Å². The number of thiophene rings is 1. The Morgan fingerprint density at radius 3 is 2.93 bits per heavy atom. The monoisotopic (exact) mass is 419 g/mol. The first kappa shape index (κ1) is 18.7. The summed E-state index contributed by atoms with van der Waals surface area (Å²) < 4.78 is 3.92. The molecule has 0 saturated heterocycles. The fraction of sp³-hybridized carbons (Fsp3) is 0.286. The zero-order valence-electron chi connectivity index (χ0n) is 16.7. The Morgan fingerprint density at radius 2 is 2.13 bits per heavy atom. The molecule has 0 unspecified atom stereocenters. The second kappa shape index (κ2) is 7.49. The largest absolute Gasteiger partial charge is 0.310 e. The molecular formula is C21H21N7OS. The molecule has 0 bridgehead atoms. The topological polar surface area (TPSA) is 90.5 Å². The zero-order valence-corrected chi connectivity index (χ0v) is 17.5. The molecule has 5 rings (SSSR count). The van der Waals surface area contributed by atoms with Crippen LogP contribution in [0, 0.1) is 0 Å². The Balaban J connectivity index is 1.33. The van der Waals surface area contributed by atoms with E-state index in [-0.39, 0.29) is 11.9 Å².